The molecule has 4 aromatic rings. The Labute approximate surface area is 248 Å². The molecule has 1 N–H and O–H groups in total. The molecule has 5 rings (SSSR count). The second-order valence-corrected chi connectivity index (χ2v) is 10.7. The molecule has 1 fully saturated rings. The minimum absolute atomic E-state index is 0.0339. The number of aromatic amines is 1. The molecule has 12 heteroatoms. The summed E-state index contributed by atoms with van der Waals surface area (Å²) < 4.78 is 42.0. The summed E-state index contributed by atoms with van der Waals surface area (Å²) in [4.78, 5) is 38.5. The largest absolute Gasteiger partial charge is 0.566 e. The third-order valence-electron chi connectivity index (χ3n) is 7.50. The summed E-state index contributed by atoms with van der Waals surface area (Å²) in [6.45, 7) is 1.44. The van der Waals surface area contributed by atoms with Gasteiger partial charge in [0.2, 0.25) is 0 Å². The van der Waals surface area contributed by atoms with Gasteiger partial charge < -0.3 is 23.8 Å². The quantitative estimate of drug-likeness (QED) is 0.200. The van der Waals surface area contributed by atoms with E-state index in [-0.39, 0.29) is 13.0 Å². The van der Waals surface area contributed by atoms with Gasteiger partial charge in [0.1, 0.15) is 35.5 Å². The molecule has 1 unspecified atom stereocenters. The van der Waals surface area contributed by atoms with Crippen LogP contribution in [0, 0.1) is 6.92 Å². The number of nitrogens with one attached hydrogen (secondary N) is 1. The normalized spacial score (nSPS) is 18.8. The Morgan fingerprint density at radius 1 is 0.930 bits per heavy atom. The highest BCUT2D eigenvalue weighted by Gasteiger charge is 2.45. The van der Waals surface area contributed by atoms with E-state index in [4.69, 9.17) is 23.5 Å². The molecule has 1 aliphatic heterocycles. The summed E-state index contributed by atoms with van der Waals surface area (Å²) in [7, 11) is -0.0618. The van der Waals surface area contributed by atoms with E-state index < -0.39 is 43.5 Å². The summed E-state index contributed by atoms with van der Waals surface area (Å²) in [5, 5.41) is 0. The van der Waals surface area contributed by atoms with Crippen LogP contribution in [0.4, 0.5) is 0 Å². The van der Waals surface area contributed by atoms with E-state index in [1.807, 2.05) is 78.9 Å². The molecule has 43 heavy (non-hydrogen) atoms. The molecule has 3 aromatic carbocycles. The van der Waals surface area contributed by atoms with Gasteiger partial charge >= 0.3 is 13.9 Å². The van der Waals surface area contributed by atoms with E-state index in [0.29, 0.717) is 17.1 Å². The molecule has 0 radical (unpaired) electrons. The Bertz CT molecular complexity index is 1620. The summed E-state index contributed by atoms with van der Waals surface area (Å²) in [5.74, 6) is 1.33. The smallest absolute Gasteiger partial charge is 0.488 e. The van der Waals surface area contributed by atoms with E-state index in [1.54, 1.807) is 21.1 Å². The SMILES string of the molecule is COc1ccc(C(OC[C@H]2O[C@@H](n3cc(C)c(=O)[nH]c3=O)C[C@@H]2O[P+](=O)[O-])(c2ccccc2)c2ccc(OC)cc2)cc1. The number of aromatic nitrogens is 2. The second kappa shape index (κ2) is 13.0. The lowest BCUT2D eigenvalue weighted by molar-refractivity contribution is -0.192. The summed E-state index contributed by atoms with van der Waals surface area (Å²) >= 11 is 0. The molecule has 0 spiro atoms. The van der Waals surface area contributed by atoms with Crippen molar-refractivity contribution in [2.24, 2.45) is 0 Å². The minimum atomic E-state index is -3.24. The Balaban J connectivity index is 1.58. The van der Waals surface area contributed by atoms with Crippen LogP contribution >= 0.6 is 8.25 Å². The number of H-pyrrole nitrogens is 1. The van der Waals surface area contributed by atoms with Gasteiger partial charge in [0, 0.05) is 18.2 Å². The number of hydrogen-bond donors (Lipinski definition) is 1. The number of methoxy groups -OCH3 is 2. The van der Waals surface area contributed by atoms with Gasteiger partial charge in [0.05, 0.1) is 20.8 Å². The molecule has 11 nitrogen and oxygen atoms in total. The molecule has 0 saturated carbocycles. The van der Waals surface area contributed by atoms with E-state index in [0.717, 1.165) is 16.7 Å². The standard InChI is InChI=1S/C31H31N2O9P/c1-20-18-33(30(35)32-29(20)34)28-17-26(42-43(36)37)27(41-28)19-40-31(21-7-5-4-6-8-21,22-9-13-24(38-2)14-10-22)23-11-15-25(39-3)16-12-23/h4-16,18,26-28H,17,19H2,1-3H3,(H,32,34,35)/t26-,27+,28+/m0/s1. The maximum absolute atomic E-state index is 12.6. The van der Waals surface area contributed by atoms with Crippen molar-refractivity contribution < 1.29 is 32.9 Å². The highest BCUT2D eigenvalue weighted by Crippen LogP contribution is 2.43. The zero-order valence-corrected chi connectivity index (χ0v) is 24.7. The summed E-state index contributed by atoms with van der Waals surface area (Å²) in [5.41, 5.74) is 0.288. The van der Waals surface area contributed by atoms with E-state index in [1.165, 1.54) is 10.8 Å². The van der Waals surface area contributed by atoms with Crippen molar-refractivity contribution >= 4 is 8.25 Å². The van der Waals surface area contributed by atoms with Crippen LogP contribution in [0.15, 0.2) is 94.6 Å². The fraction of sp³-hybridized carbons (Fsp3) is 0.290. The monoisotopic (exact) mass is 606 g/mol. The van der Waals surface area contributed by atoms with E-state index in [2.05, 4.69) is 4.98 Å². The van der Waals surface area contributed by atoms with Crippen molar-refractivity contribution in [3.05, 3.63) is 128 Å². The lowest BCUT2D eigenvalue weighted by Gasteiger charge is -2.37. The predicted octanol–water partition coefficient (Wildman–Crippen LogP) is 3.56. The van der Waals surface area contributed by atoms with Gasteiger partial charge in [-0.3, -0.25) is 14.3 Å². The van der Waals surface area contributed by atoms with Gasteiger partial charge in [0.15, 0.2) is 0 Å². The van der Waals surface area contributed by atoms with Gasteiger partial charge in [-0.2, -0.15) is 0 Å². The van der Waals surface area contributed by atoms with Crippen molar-refractivity contribution in [2.45, 2.75) is 37.4 Å². The van der Waals surface area contributed by atoms with Crippen LogP contribution < -0.4 is 25.6 Å². The number of rotatable bonds is 11. The Hall–Kier alpha value is -4.12. The van der Waals surface area contributed by atoms with E-state index >= 15 is 0 Å². The average Bonchev–Trinajstić information content (AvgIpc) is 3.41. The van der Waals surface area contributed by atoms with Crippen LogP contribution in [0.2, 0.25) is 0 Å². The van der Waals surface area contributed by atoms with Crippen LogP contribution in [0.3, 0.4) is 0 Å². The van der Waals surface area contributed by atoms with Crippen LogP contribution in [-0.2, 0) is 24.2 Å². The Kier molecular flexibility index (Phi) is 9.19. The number of benzene rings is 3. The second-order valence-electron chi connectivity index (χ2n) is 10.0. The topological polar surface area (TPSA) is 141 Å². The molecule has 4 atom stereocenters. The van der Waals surface area contributed by atoms with Gasteiger partial charge in [-0.25, -0.2) is 4.79 Å². The van der Waals surface area contributed by atoms with Crippen molar-refractivity contribution in [1.29, 1.82) is 0 Å². The molecule has 1 aromatic heterocycles. The van der Waals surface area contributed by atoms with Crippen molar-refractivity contribution in [3.63, 3.8) is 0 Å². The maximum atomic E-state index is 12.6. The van der Waals surface area contributed by atoms with Gasteiger partial charge in [-0.05, 0) is 52.4 Å². The van der Waals surface area contributed by atoms with Gasteiger partial charge in [-0.1, -0.05) is 54.6 Å². The first kappa shape index (κ1) is 30.3. The molecule has 0 amide bonds. The van der Waals surface area contributed by atoms with Crippen molar-refractivity contribution in [3.8, 4) is 11.5 Å². The lowest BCUT2D eigenvalue weighted by atomic mass is 9.80. The van der Waals surface area contributed by atoms with Crippen LogP contribution in [0.1, 0.15) is 34.9 Å². The van der Waals surface area contributed by atoms with Crippen LogP contribution in [0.5, 0.6) is 11.5 Å². The molecule has 0 bridgehead atoms. The first-order chi connectivity index (χ1) is 20.7. The van der Waals surface area contributed by atoms with Crippen molar-refractivity contribution in [1.82, 2.24) is 9.55 Å². The number of ether oxygens (including phenoxy) is 4. The third-order valence-corrected chi connectivity index (χ3v) is 7.94. The molecular weight excluding hydrogens is 575 g/mol. The van der Waals surface area contributed by atoms with Crippen LogP contribution in [0.25, 0.3) is 0 Å². The average molecular weight is 607 g/mol. The molecule has 1 aliphatic rings. The van der Waals surface area contributed by atoms with Crippen LogP contribution in [-0.4, -0.2) is 42.6 Å². The molecular formula is C31H31N2O9P. The van der Waals surface area contributed by atoms with Gasteiger partial charge in [0.25, 0.3) is 5.56 Å². The number of aryl methyl sites for hydroxylation is 1. The Morgan fingerprint density at radius 2 is 1.49 bits per heavy atom. The molecule has 0 aliphatic carbocycles. The summed E-state index contributed by atoms with van der Waals surface area (Å²) in [6, 6.07) is 24.5. The molecule has 1 saturated heterocycles. The highest BCUT2D eigenvalue weighted by atomic mass is 31.1. The first-order valence-electron chi connectivity index (χ1n) is 13.5. The lowest BCUT2D eigenvalue weighted by Crippen LogP contribution is -2.38. The third kappa shape index (κ3) is 6.31. The van der Waals surface area contributed by atoms with Gasteiger partial charge in [-0.15, -0.1) is 4.52 Å². The molecule has 2 heterocycles. The van der Waals surface area contributed by atoms with Crippen molar-refractivity contribution in [2.75, 3.05) is 20.8 Å². The summed E-state index contributed by atoms with van der Waals surface area (Å²) in [6.07, 6.45) is -1.33. The highest BCUT2D eigenvalue weighted by molar-refractivity contribution is 7.30. The first-order valence-corrected chi connectivity index (χ1v) is 14.6. The number of hydrogen-bond acceptors (Lipinski definition) is 9. The molecule has 224 valence electrons. The predicted molar refractivity (Wildman–Crippen MR) is 155 cm³/mol. The number of nitrogens with zero attached hydrogens (tertiary/aromatic N) is 1. The minimum Gasteiger partial charge on any atom is -0.566 e. The Morgan fingerprint density at radius 3 is 2.02 bits per heavy atom. The fourth-order valence-electron chi connectivity index (χ4n) is 5.32. The maximum Gasteiger partial charge on any atom is 0.488 e. The fourth-order valence-corrected chi connectivity index (χ4v) is 5.77. The zero-order chi connectivity index (χ0) is 30.6. The zero-order valence-electron chi connectivity index (χ0n) is 23.8. The van der Waals surface area contributed by atoms with E-state index in [9.17, 15) is 19.0 Å².